The van der Waals surface area contributed by atoms with Crippen LogP contribution in [0.5, 0.6) is 0 Å². The standard InChI is InChI=1S/C8H21NOSi2/c1-6-7-11-10-8(2)9-12(3,4)5/h6-7,11H2,1-5H3. The monoisotopic (exact) mass is 203 g/mol. The van der Waals surface area contributed by atoms with Gasteiger partial charge in [0, 0.05) is 6.92 Å². The van der Waals surface area contributed by atoms with Crippen molar-refractivity contribution < 1.29 is 4.43 Å². The maximum absolute atomic E-state index is 5.58. The van der Waals surface area contributed by atoms with Crippen LogP contribution in [0.1, 0.15) is 20.3 Å². The van der Waals surface area contributed by atoms with Crippen LogP contribution in [0.2, 0.25) is 25.7 Å². The number of nitrogens with zero attached hydrogens (tertiary/aromatic N) is 1. The molecule has 0 bridgehead atoms. The van der Waals surface area contributed by atoms with Gasteiger partial charge < -0.3 is 4.43 Å². The Kier molecular flexibility index (Phi) is 5.49. The SMILES string of the molecule is CCC[SiH2]OC(C)=N[Si](C)(C)C. The first kappa shape index (κ1) is 11.9. The summed E-state index contributed by atoms with van der Waals surface area (Å²) in [7, 11) is -1.61. The predicted molar refractivity (Wildman–Crippen MR) is 61.2 cm³/mol. The third-order valence-electron chi connectivity index (χ3n) is 1.30. The van der Waals surface area contributed by atoms with E-state index < -0.39 is 8.24 Å². The lowest BCUT2D eigenvalue weighted by molar-refractivity contribution is 0.583. The van der Waals surface area contributed by atoms with E-state index in [0.717, 1.165) is 5.90 Å². The molecule has 4 heteroatoms. The molecule has 0 N–H and O–H groups in total. The zero-order chi connectivity index (χ0) is 9.61. The van der Waals surface area contributed by atoms with E-state index in [9.17, 15) is 0 Å². The Morgan fingerprint density at radius 1 is 1.42 bits per heavy atom. The van der Waals surface area contributed by atoms with Crippen LogP contribution in [-0.4, -0.2) is 23.9 Å². The van der Waals surface area contributed by atoms with E-state index in [-0.39, 0.29) is 9.76 Å². The second-order valence-electron chi connectivity index (χ2n) is 4.00. The Hall–Kier alpha value is -0.0962. The van der Waals surface area contributed by atoms with Crippen LogP contribution in [0.15, 0.2) is 4.66 Å². The molecule has 0 spiro atoms. The second-order valence-corrected chi connectivity index (χ2v) is 9.97. The summed E-state index contributed by atoms with van der Waals surface area (Å²) in [6, 6.07) is 1.26. The van der Waals surface area contributed by atoms with Crippen molar-refractivity contribution >= 4 is 23.9 Å². The molecule has 0 atom stereocenters. The van der Waals surface area contributed by atoms with Gasteiger partial charge in [0.05, 0.1) is 0 Å². The van der Waals surface area contributed by atoms with Crippen LogP contribution in [0, 0.1) is 0 Å². The van der Waals surface area contributed by atoms with E-state index in [0.29, 0.717) is 0 Å². The van der Waals surface area contributed by atoms with Crippen molar-refractivity contribution in [3.8, 4) is 0 Å². The second kappa shape index (κ2) is 5.53. The molecular formula is C8H21NOSi2. The van der Waals surface area contributed by atoms with Gasteiger partial charge in [0.15, 0.2) is 14.1 Å². The van der Waals surface area contributed by atoms with E-state index in [2.05, 4.69) is 31.2 Å². The summed E-state index contributed by atoms with van der Waals surface area (Å²) < 4.78 is 10.1. The zero-order valence-electron chi connectivity index (χ0n) is 8.98. The quantitative estimate of drug-likeness (QED) is 0.297. The highest BCUT2D eigenvalue weighted by atomic mass is 28.3. The van der Waals surface area contributed by atoms with Gasteiger partial charge in [-0.1, -0.05) is 13.3 Å². The molecule has 0 aromatic heterocycles. The highest BCUT2D eigenvalue weighted by molar-refractivity contribution is 6.75. The Morgan fingerprint density at radius 2 is 2.00 bits per heavy atom. The van der Waals surface area contributed by atoms with Gasteiger partial charge in [0.2, 0.25) is 9.76 Å². The maximum Gasteiger partial charge on any atom is 0.221 e. The van der Waals surface area contributed by atoms with Gasteiger partial charge in [-0.05, 0) is 25.7 Å². The predicted octanol–water partition coefficient (Wildman–Crippen LogP) is 2.17. The minimum Gasteiger partial charge on any atom is -0.540 e. The number of hydrogen-bond donors (Lipinski definition) is 0. The van der Waals surface area contributed by atoms with E-state index in [1.54, 1.807) is 0 Å². The molecule has 72 valence electrons. The lowest BCUT2D eigenvalue weighted by Gasteiger charge is -2.12. The van der Waals surface area contributed by atoms with Crippen molar-refractivity contribution in [2.45, 2.75) is 46.0 Å². The fourth-order valence-corrected chi connectivity index (χ4v) is 2.80. The minimum absolute atomic E-state index is 0.314. The smallest absolute Gasteiger partial charge is 0.221 e. The van der Waals surface area contributed by atoms with Gasteiger partial charge in [0.25, 0.3) is 0 Å². The molecule has 0 aliphatic rings. The molecule has 0 aromatic rings. The van der Waals surface area contributed by atoms with Crippen LogP contribution >= 0.6 is 0 Å². The molecule has 0 heterocycles. The van der Waals surface area contributed by atoms with Crippen molar-refractivity contribution in [3.05, 3.63) is 0 Å². The van der Waals surface area contributed by atoms with Crippen LogP contribution in [-0.2, 0) is 4.43 Å². The van der Waals surface area contributed by atoms with E-state index in [1.807, 2.05) is 6.92 Å². The normalized spacial score (nSPS) is 14.2. The summed E-state index contributed by atoms with van der Waals surface area (Å²) in [5.74, 6) is 0.925. The summed E-state index contributed by atoms with van der Waals surface area (Å²) in [6.45, 7) is 10.9. The van der Waals surface area contributed by atoms with Gasteiger partial charge in [-0.3, -0.25) is 4.66 Å². The van der Waals surface area contributed by atoms with Crippen molar-refractivity contribution in [1.29, 1.82) is 0 Å². The Morgan fingerprint density at radius 3 is 2.42 bits per heavy atom. The highest BCUT2D eigenvalue weighted by Gasteiger charge is 2.11. The van der Waals surface area contributed by atoms with Crippen LogP contribution in [0.25, 0.3) is 0 Å². The molecule has 2 nitrogen and oxygen atoms in total. The molecule has 12 heavy (non-hydrogen) atoms. The lowest BCUT2D eigenvalue weighted by atomic mass is 10.6. The van der Waals surface area contributed by atoms with Gasteiger partial charge in [-0.25, -0.2) is 0 Å². The molecule has 0 saturated carbocycles. The summed E-state index contributed by atoms with van der Waals surface area (Å²) in [6.07, 6.45) is 1.24. The molecule has 0 saturated heterocycles. The van der Waals surface area contributed by atoms with E-state index >= 15 is 0 Å². The topological polar surface area (TPSA) is 21.6 Å². The first-order valence-electron chi connectivity index (χ1n) is 4.65. The molecule has 0 aliphatic carbocycles. The molecule has 0 radical (unpaired) electrons. The molecule has 0 rings (SSSR count). The molecule has 0 amide bonds. The van der Waals surface area contributed by atoms with Crippen molar-refractivity contribution in [3.63, 3.8) is 0 Å². The van der Waals surface area contributed by atoms with E-state index in [1.165, 1.54) is 12.5 Å². The van der Waals surface area contributed by atoms with Crippen molar-refractivity contribution in [2.75, 3.05) is 0 Å². The van der Waals surface area contributed by atoms with Crippen LogP contribution < -0.4 is 0 Å². The Balaban J connectivity index is 3.71. The van der Waals surface area contributed by atoms with Gasteiger partial charge in [0.1, 0.15) is 0 Å². The average Bonchev–Trinajstić information content (AvgIpc) is 1.84. The van der Waals surface area contributed by atoms with Crippen molar-refractivity contribution in [1.82, 2.24) is 0 Å². The van der Waals surface area contributed by atoms with Crippen LogP contribution in [0.3, 0.4) is 0 Å². The lowest BCUT2D eigenvalue weighted by Crippen LogP contribution is -2.20. The molecular weight excluding hydrogens is 182 g/mol. The first-order valence-corrected chi connectivity index (χ1v) is 9.67. The third-order valence-corrected chi connectivity index (χ3v) is 3.91. The summed E-state index contributed by atoms with van der Waals surface area (Å²) >= 11 is 0. The zero-order valence-corrected chi connectivity index (χ0v) is 11.4. The summed E-state index contributed by atoms with van der Waals surface area (Å²) in [4.78, 5) is 0. The Bertz CT molecular complexity index is 152. The minimum atomic E-state index is -1.30. The Labute approximate surface area is 79.5 Å². The van der Waals surface area contributed by atoms with Gasteiger partial charge in [-0.15, -0.1) is 0 Å². The average molecular weight is 203 g/mol. The first-order chi connectivity index (χ1) is 5.45. The molecule has 0 aromatic carbocycles. The van der Waals surface area contributed by atoms with Crippen LogP contribution in [0.4, 0.5) is 0 Å². The van der Waals surface area contributed by atoms with Crippen molar-refractivity contribution in [2.24, 2.45) is 4.66 Å². The van der Waals surface area contributed by atoms with E-state index in [4.69, 9.17) is 4.43 Å². The van der Waals surface area contributed by atoms with Gasteiger partial charge in [-0.2, -0.15) is 0 Å². The number of rotatable bonds is 4. The summed E-state index contributed by atoms with van der Waals surface area (Å²) in [5.41, 5.74) is 0. The molecule has 0 unspecified atom stereocenters. The fourth-order valence-electron chi connectivity index (χ4n) is 0.869. The highest BCUT2D eigenvalue weighted by Crippen LogP contribution is 2.02. The molecule has 0 aliphatic heterocycles. The third kappa shape index (κ3) is 8.00. The summed E-state index contributed by atoms with van der Waals surface area (Å²) in [5, 5.41) is 0. The van der Waals surface area contributed by atoms with Gasteiger partial charge >= 0.3 is 0 Å². The fraction of sp³-hybridized carbons (Fsp3) is 0.875. The maximum atomic E-state index is 5.58. The molecule has 0 fully saturated rings. The number of hydrogen-bond acceptors (Lipinski definition) is 2. The largest absolute Gasteiger partial charge is 0.540 e.